The highest BCUT2D eigenvalue weighted by Crippen LogP contribution is 2.17. The third-order valence-corrected chi connectivity index (χ3v) is 3.61. The van der Waals surface area contributed by atoms with Gasteiger partial charge in [0.15, 0.2) is 0 Å². The molecule has 1 heterocycles. The summed E-state index contributed by atoms with van der Waals surface area (Å²) in [4.78, 5) is 0. The van der Waals surface area contributed by atoms with Gasteiger partial charge in [-0.25, -0.2) is 0 Å². The SMILES string of the molecule is CCc1ccccc1CNCc1cn(C)nc1C(C)C. The molecule has 3 heteroatoms. The number of rotatable bonds is 6. The number of aryl methyl sites for hydroxylation is 2. The van der Waals surface area contributed by atoms with E-state index in [1.54, 1.807) is 0 Å². The summed E-state index contributed by atoms with van der Waals surface area (Å²) >= 11 is 0. The Bertz CT molecular complexity index is 555. The number of benzene rings is 1. The van der Waals surface area contributed by atoms with Crippen LogP contribution in [0.4, 0.5) is 0 Å². The fourth-order valence-corrected chi connectivity index (χ4v) is 2.58. The minimum absolute atomic E-state index is 0.468. The van der Waals surface area contributed by atoms with Crippen LogP contribution >= 0.6 is 0 Å². The molecule has 0 bridgehead atoms. The molecule has 108 valence electrons. The number of hydrogen-bond donors (Lipinski definition) is 1. The summed E-state index contributed by atoms with van der Waals surface area (Å²) in [5.41, 5.74) is 5.32. The molecule has 0 saturated heterocycles. The van der Waals surface area contributed by atoms with Crippen LogP contribution in [0.2, 0.25) is 0 Å². The molecule has 1 N–H and O–H groups in total. The zero-order valence-electron chi connectivity index (χ0n) is 13.0. The van der Waals surface area contributed by atoms with E-state index in [-0.39, 0.29) is 0 Å². The van der Waals surface area contributed by atoms with Crippen LogP contribution in [-0.4, -0.2) is 9.78 Å². The second-order valence-corrected chi connectivity index (χ2v) is 5.59. The van der Waals surface area contributed by atoms with Crippen LogP contribution in [0.5, 0.6) is 0 Å². The fraction of sp³-hybridized carbons (Fsp3) is 0.471. The molecule has 0 aliphatic rings. The minimum Gasteiger partial charge on any atom is -0.308 e. The van der Waals surface area contributed by atoms with Crippen LogP contribution in [0.1, 0.15) is 49.1 Å². The molecule has 0 radical (unpaired) electrons. The van der Waals surface area contributed by atoms with E-state index < -0.39 is 0 Å². The summed E-state index contributed by atoms with van der Waals surface area (Å²) in [6, 6.07) is 8.64. The van der Waals surface area contributed by atoms with Gasteiger partial charge in [0.2, 0.25) is 0 Å². The summed E-state index contributed by atoms with van der Waals surface area (Å²) in [5, 5.41) is 8.09. The van der Waals surface area contributed by atoms with Crippen molar-refractivity contribution in [3.8, 4) is 0 Å². The van der Waals surface area contributed by atoms with E-state index in [4.69, 9.17) is 0 Å². The van der Waals surface area contributed by atoms with Gasteiger partial charge in [-0.15, -0.1) is 0 Å². The third kappa shape index (κ3) is 3.48. The van der Waals surface area contributed by atoms with E-state index in [0.717, 1.165) is 19.5 Å². The normalized spacial score (nSPS) is 11.2. The molecule has 0 saturated carbocycles. The average molecular weight is 271 g/mol. The van der Waals surface area contributed by atoms with Crippen molar-refractivity contribution in [2.75, 3.05) is 0 Å². The Morgan fingerprint density at radius 2 is 1.75 bits per heavy atom. The molecule has 0 fully saturated rings. The first kappa shape index (κ1) is 14.8. The highest BCUT2D eigenvalue weighted by Gasteiger charge is 2.10. The average Bonchev–Trinajstić information content (AvgIpc) is 2.81. The second kappa shape index (κ2) is 6.71. The lowest BCUT2D eigenvalue weighted by molar-refractivity contribution is 0.674. The topological polar surface area (TPSA) is 29.9 Å². The highest BCUT2D eigenvalue weighted by molar-refractivity contribution is 5.27. The van der Waals surface area contributed by atoms with E-state index in [2.05, 4.69) is 61.6 Å². The fourth-order valence-electron chi connectivity index (χ4n) is 2.58. The van der Waals surface area contributed by atoms with Gasteiger partial charge in [0.1, 0.15) is 0 Å². The molecular formula is C17H25N3. The first-order valence-corrected chi connectivity index (χ1v) is 7.41. The van der Waals surface area contributed by atoms with Crippen LogP contribution in [0.3, 0.4) is 0 Å². The van der Waals surface area contributed by atoms with E-state index in [0.29, 0.717) is 5.92 Å². The second-order valence-electron chi connectivity index (χ2n) is 5.59. The van der Waals surface area contributed by atoms with Gasteiger partial charge < -0.3 is 5.32 Å². The first-order valence-electron chi connectivity index (χ1n) is 7.41. The van der Waals surface area contributed by atoms with Crippen molar-refractivity contribution >= 4 is 0 Å². The molecule has 2 aromatic rings. The van der Waals surface area contributed by atoms with Crippen molar-refractivity contribution in [1.29, 1.82) is 0 Å². The maximum absolute atomic E-state index is 4.55. The van der Waals surface area contributed by atoms with Crippen LogP contribution in [0, 0.1) is 0 Å². The summed E-state index contributed by atoms with van der Waals surface area (Å²) in [6.07, 6.45) is 3.20. The number of hydrogen-bond acceptors (Lipinski definition) is 2. The summed E-state index contributed by atoms with van der Waals surface area (Å²) < 4.78 is 1.91. The third-order valence-electron chi connectivity index (χ3n) is 3.61. The summed E-state index contributed by atoms with van der Waals surface area (Å²) in [5.74, 6) is 0.468. The lowest BCUT2D eigenvalue weighted by atomic mass is 10.0. The number of nitrogens with zero attached hydrogens (tertiary/aromatic N) is 2. The van der Waals surface area contributed by atoms with Crippen molar-refractivity contribution in [2.24, 2.45) is 7.05 Å². The molecule has 0 amide bonds. The zero-order chi connectivity index (χ0) is 14.5. The van der Waals surface area contributed by atoms with Crippen LogP contribution in [0.25, 0.3) is 0 Å². The van der Waals surface area contributed by atoms with Gasteiger partial charge in [0, 0.05) is 31.9 Å². The molecule has 1 aromatic heterocycles. The Labute approximate surface area is 122 Å². The zero-order valence-corrected chi connectivity index (χ0v) is 13.0. The predicted molar refractivity (Wildman–Crippen MR) is 83.7 cm³/mol. The summed E-state index contributed by atoms with van der Waals surface area (Å²) in [6.45, 7) is 8.38. The van der Waals surface area contributed by atoms with Gasteiger partial charge in [-0.05, 0) is 23.5 Å². The predicted octanol–water partition coefficient (Wildman–Crippen LogP) is 3.40. The van der Waals surface area contributed by atoms with E-state index in [1.807, 2.05) is 11.7 Å². The lowest BCUT2D eigenvalue weighted by Gasteiger charge is -2.10. The van der Waals surface area contributed by atoms with Crippen molar-refractivity contribution < 1.29 is 0 Å². The van der Waals surface area contributed by atoms with Crippen molar-refractivity contribution in [2.45, 2.75) is 46.2 Å². The maximum atomic E-state index is 4.55. The molecule has 20 heavy (non-hydrogen) atoms. The molecule has 0 atom stereocenters. The molecule has 3 nitrogen and oxygen atoms in total. The van der Waals surface area contributed by atoms with E-state index in [9.17, 15) is 0 Å². The van der Waals surface area contributed by atoms with Crippen molar-refractivity contribution in [3.05, 3.63) is 52.8 Å². The molecule has 0 unspecified atom stereocenters. The molecule has 1 aromatic carbocycles. The highest BCUT2D eigenvalue weighted by atomic mass is 15.3. The number of nitrogens with one attached hydrogen (secondary N) is 1. The van der Waals surface area contributed by atoms with Crippen LogP contribution in [-0.2, 0) is 26.6 Å². The number of aromatic nitrogens is 2. The Morgan fingerprint density at radius 3 is 2.40 bits per heavy atom. The maximum Gasteiger partial charge on any atom is 0.0694 e. The van der Waals surface area contributed by atoms with Gasteiger partial charge in [-0.2, -0.15) is 5.10 Å². The standard InChI is InChI=1S/C17H25N3/c1-5-14-8-6-7-9-15(14)10-18-11-16-12-20(4)19-17(16)13(2)3/h6-9,12-13,18H,5,10-11H2,1-4H3. The lowest BCUT2D eigenvalue weighted by Crippen LogP contribution is -2.14. The van der Waals surface area contributed by atoms with Crippen LogP contribution in [0.15, 0.2) is 30.5 Å². The molecule has 0 aliphatic heterocycles. The monoisotopic (exact) mass is 271 g/mol. The minimum atomic E-state index is 0.468. The molecule has 0 spiro atoms. The quantitative estimate of drug-likeness (QED) is 0.872. The molecule has 0 aliphatic carbocycles. The van der Waals surface area contributed by atoms with Gasteiger partial charge in [0.05, 0.1) is 5.69 Å². The summed E-state index contributed by atoms with van der Waals surface area (Å²) in [7, 11) is 1.99. The van der Waals surface area contributed by atoms with E-state index >= 15 is 0 Å². The van der Waals surface area contributed by atoms with Gasteiger partial charge in [-0.1, -0.05) is 45.0 Å². The van der Waals surface area contributed by atoms with Crippen molar-refractivity contribution in [3.63, 3.8) is 0 Å². The van der Waals surface area contributed by atoms with Gasteiger partial charge >= 0.3 is 0 Å². The Balaban J connectivity index is 1.99. The Hall–Kier alpha value is -1.61. The smallest absolute Gasteiger partial charge is 0.0694 e. The Morgan fingerprint density at radius 1 is 1.10 bits per heavy atom. The molecular weight excluding hydrogens is 246 g/mol. The van der Waals surface area contributed by atoms with Gasteiger partial charge in [0.25, 0.3) is 0 Å². The Kier molecular flexibility index (Phi) is 4.96. The van der Waals surface area contributed by atoms with Crippen molar-refractivity contribution in [1.82, 2.24) is 15.1 Å². The van der Waals surface area contributed by atoms with Crippen LogP contribution < -0.4 is 5.32 Å². The molecule has 2 rings (SSSR count). The first-order chi connectivity index (χ1) is 9.61. The van der Waals surface area contributed by atoms with Gasteiger partial charge in [-0.3, -0.25) is 4.68 Å². The largest absolute Gasteiger partial charge is 0.308 e. The van der Waals surface area contributed by atoms with E-state index in [1.165, 1.54) is 22.4 Å².